The van der Waals surface area contributed by atoms with Crippen molar-refractivity contribution in [3.63, 3.8) is 0 Å². The van der Waals surface area contributed by atoms with Crippen LogP contribution in [0.25, 0.3) is 0 Å². The first-order valence-electron chi connectivity index (χ1n) is 9.73. The molecule has 0 unspecified atom stereocenters. The SMILES string of the molecule is O=C(N[C@H]1C[C@H](C(=O)NCCc2cnc[nH]2)C[C@@H]1O)c1ccc2c(c1)OCO2.O=CO. The maximum absolute atomic E-state index is 12.5. The second kappa shape index (κ2) is 10.4. The molecule has 31 heavy (non-hydrogen) atoms. The van der Waals surface area contributed by atoms with Crippen molar-refractivity contribution in [1.82, 2.24) is 20.6 Å². The van der Waals surface area contributed by atoms with Crippen molar-refractivity contribution in [1.29, 1.82) is 0 Å². The van der Waals surface area contributed by atoms with Crippen molar-refractivity contribution in [3.8, 4) is 11.5 Å². The van der Waals surface area contributed by atoms with Crippen LogP contribution in [0.4, 0.5) is 0 Å². The van der Waals surface area contributed by atoms with E-state index < -0.39 is 12.1 Å². The van der Waals surface area contributed by atoms with Gasteiger partial charge < -0.3 is 35.3 Å². The van der Waals surface area contributed by atoms with Gasteiger partial charge in [0.05, 0.1) is 18.5 Å². The van der Waals surface area contributed by atoms with Crippen molar-refractivity contribution in [2.75, 3.05) is 13.3 Å². The Balaban J connectivity index is 0.000000858. The number of amides is 2. The maximum Gasteiger partial charge on any atom is 0.290 e. The number of fused-ring (bicyclic) bond motifs is 1. The highest BCUT2D eigenvalue weighted by molar-refractivity contribution is 5.95. The number of hydrogen-bond donors (Lipinski definition) is 5. The maximum atomic E-state index is 12.5. The molecule has 2 heterocycles. The molecule has 0 spiro atoms. The van der Waals surface area contributed by atoms with Crippen LogP contribution < -0.4 is 20.1 Å². The fourth-order valence-corrected chi connectivity index (χ4v) is 3.56. The Morgan fingerprint density at radius 1 is 1.26 bits per heavy atom. The predicted molar refractivity (Wildman–Crippen MR) is 107 cm³/mol. The van der Waals surface area contributed by atoms with Crippen LogP contribution in [0.15, 0.2) is 30.7 Å². The van der Waals surface area contributed by atoms with Gasteiger partial charge in [-0.25, -0.2) is 4.98 Å². The highest BCUT2D eigenvalue weighted by Gasteiger charge is 2.37. The Bertz CT molecular complexity index is 903. The highest BCUT2D eigenvalue weighted by Crippen LogP contribution is 2.33. The molecule has 1 aliphatic carbocycles. The van der Waals surface area contributed by atoms with Gasteiger partial charge in [0.2, 0.25) is 12.7 Å². The molecule has 2 aliphatic rings. The Morgan fingerprint density at radius 2 is 2.03 bits per heavy atom. The fourth-order valence-electron chi connectivity index (χ4n) is 3.56. The van der Waals surface area contributed by atoms with Crippen LogP contribution in [0, 0.1) is 5.92 Å². The number of carbonyl (C=O) groups is 3. The molecule has 11 heteroatoms. The zero-order chi connectivity index (χ0) is 22.2. The predicted octanol–water partition coefficient (Wildman–Crippen LogP) is 0.0674. The van der Waals surface area contributed by atoms with Gasteiger partial charge in [-0.2, -0.15) is 0 Å². The summed E-state index contributed by atoms with van der Waals surface area (Å²) in [7, 11) is 0. The number of aromatic nitrogens is 2. The number of nitrogens with zero attached hydrogens (tertiary/aromatic N) is 1. The lowest BCUT2D eigenvalue weighted by molar-refractivity contribution is -0.125. The first kappa shape index (κ1) is 22.1. The number of ether oxygens (including phenoxy) is 2. The molecule has 1 saturated carbocycles. The van der Waals surface area contributed by atoms with Gasteiger partial charge in [-0.15, -0.1) is 0 Å². The molecule has 0 saturated heterocycles. The molecule has 5 N–H and O–H groups in total. The molecule has 1 aliphatic heterocycles. The number of aliphatic hydroxyl groups is 1. The number of carbonyl (C=O) groups excluding carboxylic acids is 2. The number of hydrogen-bond acceptors (Lipinski definition) is 7. The van der Waals surface area contributed by atoms with Crippen LogP contribution in [0.3, 0.4) is 0 Å². The number of aliphatic hydroxyl groups excluding tert-OH is 1. The van der Waals surface area contributed by atoms with Gasteiger partial charge in [-0.3, -0.25) is 14.4 Å². The first-order valence-corrected chi connectivity index (χ1v) is 9.73. The van der Waals surface area contributed by atoms with Gasteiger partial charge in [0.1, 0.15) is 0 Å². The number of benzene rings is 1. The minimum atomic E-state index is -0.763. The highest BCUT2D eigenvalue weighted by atomic mass is 16.7. The summed E-state index contributed by atoms with van der Waals surface area (Å²) in [4.78, 5) is 40.1. The molecule has 0 bridgehead atoms. The van der Waals surface area contributed by atoms with E-state index >= 15 is 0 Å². The van der Waals surface area contributed by atoms with Crippen LogP contribution >= 0.6 is 0 Å². The summed E-state index contributed by atoms with van der Waals surface area (Å²) in [6.07, 6.45) is 3.92. The largest absolute Gasteiger partial charge is 0.483 e. The Morgan fingerprint density at radius 3 is 2.77 bits per heavy atom. The van der Waals surface area contributed by atoms with Crippen molar-refractivity contribution < 1.29 is 34.1 Å². The van der Waals surface area contributed by atoms with Crippen molar-refractivity contribution in [3.05, 3.63) is 42.0 Å². The minimum absolute atomic E-state index is 0.113. The van der Waals surface area contributed by atoms with Crippen molar-refractivity contribution in [2.45, 2.75) is 31.4 Å². The zero-order valence-corrected chi connectivity index (χ0v) is 16.6. The van der Waals surface area contributed by atoms with Crippen molar-refractivity contribution >= 4 is 18.3 Å². The summed E-state index contributed by atoms with van der Waals surface area (Å²) in [5.41, 5.74) is 1.37. The Labute approximate surface area is 177 Å². The number of imidazole rings is 1. The first-order chi connectivity index (χ1) is 15.0. The second-order valence-corrected chi connectivity index (χ2v) is 7.11. The van der Waals surface area contributed by atoms with E-state index in [0.717, 1.165) is 5.69 Å². The van der Waals surface area contributed by atoms with E-state index in [4.69, 9.17) is 19.4 Å². The molecule has 2 aromatic rings. The average molecular weight is 432 g/mol. The molecule has 3 atom stereocenters. The third kappa shape index (κ3) is 5.72. The number of H-pyrrole nitrogens is 1. The second-order valence-electron chi connectivity index (χ2n) is 7.11. The van der Waals surface area contributed by atoms with Gasteiger partial charge in [0.15, 0.2) is 11.5 Å². The molecular weight excluding hydrogens is 408 g/mol. The van der Waals surface area contributed by atoms with Crippen LogP contribution in [-0.2, 0) is 16.0 Å². The summed E-state index contributed by atoms with van der Waals surface area (Å²) >= 11 is 0. The monoisotopic (exact) mass is 432 g/mol. The normalized spacial score (nSPS) is 21.0. The van der Waals surface area contributed by atoms with E-state index in [1.807, 2.05) is 0 Å². The summed E-state index contributed by atoms with van der Waals surface area (Å²) in [6, 6.07) is 4.46. The fraction of sp³-hybridized carbons (Fsp3) is 0.400. The third-order valence-corrected chi connectivity index (χ3v) is 5.10. The third-order valence-electron chi connectivity index (χ3n) is 5.10. The number of aromatic amines is 1. The average Bonchev–Trinajstić information content (AvgIpc) is 3.50. The lowest BCUT2D eigenvalue weighted by atomic mass is 10.1. The van der Waals surface area contributed by atoms with E-state index in [1.54, 1.807) is 30.7 Å². The molecule has 11 nitrogen and oxygen atoms in total. The number of nitrogens with one attached hydrogen (secondary N) is 3. The molecule has 4 rings (SSSR count). The number of rotatable bonds is 6. The van der Waals surface area contributed by atoms with Crippen LogP contribution in [0.5, 0.6) is 11.5 Å². The van der Waals surface area contributed by atoms with E-state index in [9.17, 15) is 14.7 Å². The van der Waals surface area contributed by atoms with Crippen molar-refractivity contribution in [2.24, 2.45) is 5.92 Å². The summed E-state index contributed by atoms with van der Waals surface area (Å²) in [5.74, 6) is 0.360. The van der Waals surface area contributed by atoms with Gasteiger partial charge >= 0.3 is 0 Å². The standard InChI is InChI=1S/C19H22N4O5.CH2O2/c24-15-6-12(18(25)21-4-3-13-8-20-9-22-13)5-14(15)23-19(26)11-1-2-16-17(7-11)28-10-27-16;2-1-3/h1-2,7-9,12,14-15,24H,3-6,10H2,(H,20,22)(H,21,25)(H,23,26);1H,(H,2,3)/t12-,14-,15-;/m0./s1. The van der Waals surface area contributed by atoms with Gasteiger partial charge in [-0.1, -0.05) is 0 Å². The molecule has 1 aromatic heterocycles. The molecule has 1 fully saturated rings. The lowest BCUT2D eigenvalue weighted by Gasteiger charge is -2.16. The van der Waals surface area contributed by atoms with Gasteiger partial charge in [-0.05, 0) is 31.0 Å². The molecule has 1 aromatic carbocycles. The Kier molecular flexibility index (Phi) is 7.44. The van der Waals surface area contributed by atoms with E-state index in [1.165, 1.54) is 0 Å². The van der Waals surface area contributed by atoms with Gasteiger partial charge in [0.25, 0.3) is 12.4 Å². The molecule has 166 valence electrons. The van der Waals surface area contributed by atoms with E-state index in [0.29, 0.717) is 42.9 Å². The van der Waals surface area contributed by atoms with E-state index in [-0.39, 0.29) is 31.0 Å². The topological polar surface area (TPSA) is 163 Å². The quantitative estimate of drug-likeness (QED) is 0.400. The van der Waals surface area contributed by atoms with Crippen LogP contribution in [-0.4, -0.2) is 64.0 Å². The van der Waals surface area contributed by atoms with Crippen LogP contribution in [0.2, 0.25) is 0 Å². The lowest BCUT2D eigenvalue weighted by Crippen LogP contribution is -2.40. The molecule has 0 radical (unpaired) electrons. The molecular formula is C20H24N4O7. The van der Waals surface area contributed by atoms with E-state index in [2.05, 4.69) is 20.6 Å². The zero-order valence-electron chi connectivity index (χ0n) is 16.6. The Hall–Kier alpha value is -3.60. The summed E-state index contributed by atoms with van der Waals surface area (Å²) in [5, 5.41) is 22.9. The molecule has 2 amide bonds. The van der Waals surface area contributed by atoms with Crippen LogP contribution in [0.1, 0.15) is 28.9 Å². The van der Waals surface area contributed by atoms with Gasteiger partial charge in [0, 0.05) is 36.3 Å². The summed E-state index contributed by atoms with van der Waals surface area (Å²) in [6.45, 7) is 0.376. The minimum Gasteiger partial charge on any atom is -0.483 e. The summed E-state index contributed by atoms with van der Waals surface area (Å²) < 4.78 is 10.5. The number of carboxylic acid groups (broad SMARTS) is 1. The smallest absolute Gasteiger partial charge is 0.290 e.